The van der Waals surface area contributed by atoms with E-state index in [1.165, 1.54) is 5.56 Å². The summed E-state index contributed by atoms with van der Waals surface area (Å²) in [5.41, 5.74) is 2.17. The molecule has 28 heavy (non-hydrogen) atoms. The van der Waals surface area contributed by atoms with Gasteiger partial charge in [-0.1, -0.05) is 26.0 Å². The number of hydrogen-bond acceptors (Lipinski definition) is 4. The van der Waals surface area contributed by atoms with Crippen molar-refractivity contribution in [3.8, 4) is 5.75 Å². The number of rotatable bonds is 7. The van der Waals surface area contributed by atoms with Crippen molar-refractivity contribution in [1.29, 1.82) is 0 Å². The van der Waals surface area contributed by atoms with Gasteiger partial charge >= 0.3 is 0 Å². The van der Waals surface area contributed by atoms with Gasteiger partial charge in [-0.05, 0) is 30.5 Å². The Hall–Kier alpha value is -1.81. The third kappa shape index (κ3) is 6.10. The summed E-state index contributed by atoms with van der Waals surface area (Å²) >= 11 is 1.63. The molecule has 1 unspecified atom stereocenters. The van der Waals surface area contributed by atoms with Crippen molar-refractivity contribution >= 4 is 46.2 Å². The summed E-state index contributed by atoms with van der Waals surface area (Å²) in [5.74, 6) is 2.17. The van der Waals surface area contributed by atoms with Gasteiger partial charge in [-0.25, -0.2) is 4.98 Å². The van der Waals surface area contributed by atoms with Gasteiger partial charge in [-0.15, -0.1) is 35.3 Å². The Balaban J connectivity index is 0.00000280. The molecule has 2 N–H and O–H groups in total. The molecule has 0 aliphatic heterocycles. The summed E-state index contributed by atoms with van der Waals surface area (Å²) < 4.78 is 7.78. The third-order valence-corrected chi connectivity index (χ3v) is 4.89. The molecule has 0 amide bonds. The highest BCUT2D eigenvalue weighted by Crippen LogP contribution is 2.18. The Morgan fingerprint density at radius 2 is 2.00 bits per heavy atom. The van der Waals surface area contributed by atoms with Gasteiger partial charge < -0.3 is 15.4 Å². The third-order valence-electron chi connectivity index (χ3n) is 4.12. The lowest BCUT2D eigenvalue weighted by molar-refractivity contribution is 0.271. The zero-order valence-corrected chi connectivity index (χ0v) is 19.8. The van der Waals surface area contributed by atoms with Crippen molar-refractivity contribution in [2.24, 2.45) is 10.9 Å². The van der Waals surface area contributed by atoms with Crippen molar-refractivity contribution < 1.29 is 4.74 Å². The number of imidazole rings is 1. The molecule has 6 nitrogen and oxygen atoms in total. The van der Waals surface area contributed by atoms with Crippen LogP contribution in [-0.4, -0.2) is 29.0 Å². The highest BCUT2D eigenvalue weighted by atomic mass is 127. The minimum Gasteiger partial charge on any atom is -0.493 e. The number of aromatic nitrogens is 2. The number of benzene rings is 1. The van der Waals surface area contributed by atoms with Gasteiger partial charge in [0.25, 0.3) is 0 Å². The molecule has 0 radical (unpaired) electrons. The quantitative estimate of drug-likeness (QED) is 0.278. The molecule has 0 aliphatic carbocycles. The maximum absolute atomic E-state index is 5.75. The normalized spacial score (nSPS) is 12.7. The second-order valence-corrected chi connectivity index (χ2v) is 7.76. The standard InChI is InChI=1S/C20H27N5OS.HI/c1-14(2)13-26-18-7-5-16(6-8-18)15(3)23-19(21-4)22-11-17-12-25-9-10-27-20(25)24-17;/h5-10,12,14-15H,11,13H2,1-4H3,(H2,21,22,23);1H. The van der Waals surface area contributed by atoms with E-state index in [1.807, 2.05) is 34.3 Å². The lowest BCUT2D eigenvalue weighted by Gasteiger charge is -2.18. The number of aliphatic imine (C=N–C) groups is 1. The Morgan fingerprint density at radius 3 is 2.64 bits per heavy atom. The van der Waals surface area contributed by atoms with Crippen LogP contribution in [0, 0.1) is 5.92 Å². The predicted octanol–water partition coefficient (Wildman–Crippen LogP) is 4.47. The average Bonchev–Trinajstić information content (AvgIpc) is 3.25. The first-order valence-corrected chi connectivity index (χ1v) is 10.0. The smallest absolute Gasteiger partial charge is 0.193 e. The number of ether oxygens (including phenoxy) is 1. The second kappa shape index (κ2) is 10.7. The summed E-state index contributed by atoms with van der Waals surface area (Å²) in [6, 6.07) is 8.34. The maximum atomic E-state index is 5.75. The molecule has 1 aromatic carbocycles. The van der Waals surface area contributed by atoms with Crippen LogP contribution in [0.3, 0.4) is 0 Å². The van der Waals surface area contributed by atoms with E-state index >= 15 is 0 Å². The van der Waals surface area contributed by atoms with Gasteiger partial charge in [0, 0.05) is 24.8 Å². The zero-order chi connectivity index (χ0) is 19.2. The van der Waals surface area contributed by atoms with E-state index in [-0.39, 0.29) is 30.0 Å². The van der Waals surface area contributed by atoms with E-state index in [4.69, 9.17) is 4.74 Å². The number of nitrogens with zero attached hydrogens (tertiary/aromatic N) is 3. The van der Waals surface area contributed by atoms with Gasteiger partial charge in [0.1, 0.15) is 5.75 Å². The number of hydrogen-bond donors (Lipinski definition) is 2. The van der Waals surface area contributed by atoms with E-state index in [2.05, 4.69) is 53.5 Å². The van der Waals surface area contributed by atoms with Crippen LogP contribution >= 0.6 is 35.3 Å². The summed E-state index contributed by atoms with van der Waals surface area (Å²) in [6.45, 7) is 7.76. The van der Waals surface area contributed by atoms with Gasteiger partial charge in [0.05, 0.1) is 24.9 Å². The van der Waals surface area contributed by atoms with Crippen LogP contribution in [0.1, 0.15) is 38.1 Å². The molecule has 0 aliphatic rings. The van der Waals surface area contributed by atoms with Crippen molar-refractivity contribution in [3.05, 3.63) is 53.3 Å². The SMILES string of the molecule is CN=C(NCc1cn2ccsc2n1)NC(C)c1ccc(OCC(C)C)cc1.I. The van der Waals surface area contributed by atoms with E-state index in [0.717, 1.165) is 29.0 Å². The molecule has 0 fully saturated rings. The maximum Gasteiger partial charge on any atom is 0.193 e. The molecule has 2 aromatic heterocycles. The fraction of sp³-hybridized carbons (Fsp3) is 0.400. The zero-order valence-electron chi connectivity index (χ0n) is 16.7. The molecule has 0 saturated heterocycles. The van der Waals surface area contributed by atoms with Crippen LogP contribution in [0.2, 0.25) is 0 Å². The van der Waals surface area contributed by atoms with Gasteiger partial charge in [0.2, 0.25) is 0 Å². The summed E-state index contributed by atoms with van der Waals surface area (Å²) in [5, 5.41) is 8.77. The Labute approximate surface area is 187 Å². The number of fused-ring (bicyclic) bond motifs is 1. The molecule has 8 heteroatoms. The molecular weight excluding hydrogens is 485 g/mol. The predicted molar refractivity (Wildman–Crippen MR) is 127 cm³/mol. The molecule has 0 bridgehead atoms. The van der Waals surface area contributed by atoms with Crippen LogP contribution < -0.4 is 15.4 Å². The lowest BCUT2D eigenvalue weighted by atomic mass is 10.1. The largest absolute Gasteiger partial charge is 0.493 e. The minimum absolute atomic E-state index is 0. The first kappa shape index (κ1) is 22.5. The van der Waals surface area contributed by atoms with Gasteiger partial charge in [-0.3, -0.25) is 9.39 Å². The Bertz CT molecular complexity index is 859. The summed E-state index contributed by atoms with van der Waals surface area (Å²) in [6.07, 6.45) is 4.05. The number of nitrogens with one attached hydrogen (secondary N) is 2. The van der Waals surface area contributed by atoms with Crippen LogP contribution in [0.4, 0.5) is 0 Å². The summed E-state index contributed by atoms with van der Waals surface area (Å²) in [7, 11) is 1.77. The van der Waals surface area contributed by atoms with Crippen LogP contribution in [0.25, 0.3) is 4.96 Å². The Kier molecular flexibility index (Phi) is 8.56. The monoisotopic (exact) mass is 513 g/mol. The number of guanidine groups is 1. The molecule has 2 heterocycles. The first-order chi connectivity index (χ1) is 13.0. The molecule has 1 atom stereocenters. The number of halogens is 1. The molecule has 152 valence electrons. The minimum atomic E-state index is 0. The van der Waals surface area contributed by atoms with E-state index in [9.17, 15) is 0 Å². The van der Waals surface area contributed by atoms with Crippen LogP contribution in [0.5, 0.6) is 5.75 Å². The van der Waals surface area contributed by atoms with Gasteiger partial charge in [-0.2, -0.15) is 0 Å². The van der Waals surface area contributed by atoms with Crippen molar-refractivity contribution in [2.45, 2.75) is 33.4 Å². The lowest BCUT2D eigenvalue weighted by Crippen LogP contribution is -2.38. The van der Waals surface area contributed by atoms with Gasteiger partial charge in [0.15, 0.2) is 10.9 Å². The van der Waals surface area contributed by atoms with Crippen molar-refractivity contribution in [2.75, 3.05) is 13.7 Å². The molecule has 3 aromatic rings. The molecule has 0 saturated carbocycles. The van der Waals surface area contributed by atoms with Crippen molar-refractivity contribution in [3.63, 3.8) is 0 Å². The first-order valence-electron chi connectivity index (χ1n) is 9.16. The van der Waals surface area contributed by atoms with Crippen LogP contribution in [0.15, 0.2) is 47.0 Å². The molecule has 0 spiro atoms. The van der Waals surface area contributed by atoms with E-state index in [1.54, 1.807) is 18.4 Å². The highest BCUT2D eigenvalue weighted by molar-refractivity contribution is 14.0. The number of thiazole rings is 1. The fourth-order valence-electron chi connectivity index (χ4n) is 2.63. The van der Waals surface area contributed by atoms with Crippen molar-refractivity contribution in [1.82, 2.24) is 20.0 Å². The average molecular weight is 513 g/mol. The van der Waals surface area contributed by atoms with E-state index < -0.39 is 0 Å². The Morgan fingerprint density at radius 1 is 1.25 bits per heavy atom. The fourth-order valence-corrected chi connectivity index (χ4v) is 3.35. The highest BCUT2D eigenvalue weighted by Gasteiger charge is 2.09. The van der Waals surface area contributed by atoms with Crippen LogP contribution in [-0.2, 0) is 6.54 Å². The topological polar surface area (TPSA) is 63.0 Å². The molecule has 3 rings (SSSR count). The molecular formula is C20H28IN5OS. The summed E-state index contributed by atoms with van der Waals surface area (Å²) in [4.78, 5) is 9.90. The second-order valence-electron chi connectivity index (χ2n) is 6.89. The van der Waals surface area contributed by atoms with E-state index in [0.29, 0.717) is 12.5 Å².